The van der Waals surface area contributed by atoms with Gasteiger partial charge in [0.15, 0.2) is 0 Å². The molecule has 1 heteroatoms. The van der Waals surface area contributed by atoms with E-state index in [9.17, 15) is 0 Å². The van der Waals surface area contributed by atoms with E-state index in [1.807, 2.05) is 27.7 Å². The third-order valence-electron chi connectivity index (χ3n) is 2.51. The quantitative estimate of drug-likeness (QED) is 0.721. The maximum Gasteiger partial charge on any atom is 0.00105 e. The van der Waals surface area contributed by atoms with Crippen LogP contribution in [0.2, 0.25) is 0 Å². The summed E-state index contributed by atoms with van der Waals surface area (Å²) in [5.41, 5.74) is 5.67. The van der Waals surface area contributed by atoms with Crippen molar-refractivity contribution in [2.24, 2.45) is 11.7 Å². The molecule has 2 N–H and O–H groups in total. The van der Waals surface area contributed by atoms with E-state index >= 15 is 0 Å². The Hall–Kier alpha value is -0.0400. The van der Waals surface area contributed by atoms with E-state index in [2.05, 4.69) is 6.92 Å². The smallest absolute Gasteiger partial charge is 0.00105 e. The molecule has 0 aliphatic heterocycles. The SMILES string of the molecule is CC.CC.CC(N)CCC1CCCC1. The minimum atomic E-state index is 0.417. The van der Waals surface area contributed by atoms with Crippen molar-refractivity contribution < 1.29 is 0 Å². The third-order valence-corrected chi connectivity index (χ3v) is 2.51. The largest absolute Gasteiger partial charge is 0.328 e. The van der Waals surface area contributed by atoms with Crippen molar-refractivity contribution in [3.8, 4) is 0 Å². The van der Waals surface area contributed by atoms with Crippen LogP contribution in [0.5, 0.6) is 0 Å². The van der Waals surface area contributed by atoms with E-state index in [4.69, 9.17) is 5.73 Å². The molecule has 1 unspecified atom stereocenters. The number of hydrogen-bond acceptors (Lipinski definition) is 1. The number of hydrogen-bond donors (Lipinski definition) is 1. The lowest BCUT2D eigenvalue weighted by molar-refractivity contribution is 0.459. The zero-order valence-corrected chi connectivity index (χ0v) is 11.0. The third kappa shape index (κ3) is 10.0. The summed E-state index contributed by atoms with van der Waals surface area (Å²) in [4.78, 5) is 0. The van der Waals surface area contributed by atoms with Crippen molar-refractivity contribution in [2.75, 3.05) is 0 Å². The van der Waals surface area contributed by atoms with E-state index in [0.717, 1.165) is 5.92 Å². The van der Waals surface area contributed by atoms with Gasteiger partial charge in [-0.1, -0.05) is 53.4 Å². The zero-order valence-electron chi connectivity index (χ0n) is 11.0. The molecule has 0 aromatic heterocycles. The van der Waals surface area contributed by atoms with Crippen LogP contribution < -0.4 is 5.73 Å². The van der Waals surface area contributed by atoms with Gasteiger partial charge in [-0.25, -0.2) is 0 Å². The Morgan fingerprint density at radius 3 is 1.86 bits per heavy atom. The van der Waals surface area contributed by atoms with Gasteiger partial charge in [-0.15, -0.1) is 0 Å². The maximum absolute atomic E-state index is 5.67. The second-order valence-corrected chi connectivity index (χ2v) is 3.71. The van der Waals surface area contributed by atoms with Crippen LogP contribution in [0.4, 0.5) is 0 Å². The van der Waals surface area contributed by atoms with Gasteiger partial charge >= 0.3 is 0 Å². The molecule has 1 saturated carbocycles. The predicted octanol–water partition coefficient (Wildman–Crippen LogP) is 4.36. The van der Waals surface area contributed by atoms with Gasteiger partial charge in [0, 0.05) is 6.04 Å². The molecule has 1 aliphatic carbocycles. The highest BCUT2D eigenvalue weighted by Crippen LogP contribution is 2.28. The van der Waals surface area contributed by atoms with Gasteiger partial charge < -0.3 is 5.73 Å². The first-order valence-electron chi connectivity index (χ1n) is 6.54. The van der Waals surface area contributed by atoms with E-state index in [1.165, 1.54) is 38.5 Å². The van der Waals surface area contributed by atoms with Crippen molar-refractivity contribution >= 4 is 0 Å². The molecule has 0 heterocycles. The highest BCUT2D eigenvalue weighted by Gasteiger charge is 2.14. The first kappa shape index (κ1) is 16.4. The van der Waals surface area contributed by atoms with E-state index < -0.39 is 0 Å². The summed E-state index contributed by atoms with van der Waals surface area (Å²) in [5, 5.41) is 0. The molecule has 14 heavy (non-hydrogen) atoms. The monoisotopic (exact) mass is 201 g/mol. The van der Waals surface area contributed by atoms with Crippen LogP contribution in [0.25, 0.3) is 0 Å². The van der Waals surface area contributed by atoms with Gasteiger partial charge in [-0.2, -0.15) is 0 Å². The summed E-state index contributed by atoms with van der Waals surface area (Å²) in [6.45, 7) is 10.1. The van der Waals surface area contributed by atoms with Crippen molar-refractivity contribution in [3.63, 3.8) is 0 Å². The molecule has 0 amide bonds. The van der Waals surface area contributed by atoms with Gasteiger partial charge in [0.1, 0.15) is 0 Å². The Bertz CT molecular complexity index is 83.2. The Balaban J connectivity index is 0. The highest BCUT2D eigenvalue weighted by atomic mass is 14.6. The first-order valence-corrected chi connectivity index (χ1v) is 6.54. The van der Waals surface area contributed by atoms with Crippen LogP contribution >= 0.6 is 0 Å². The average molecular weight is 201 g/mol. The van der Waals surface area contributed by atoms with Gasteiger partial charge in [-0.05, 0) is 25.7 Å². The molecule has 0 aromatic carbocycles. The summed E-state index contributed by atoms with van der Waals surface area (Å²) in [7, 11) is 0. The Morgan fingerprint density at radius 2 is 1.50 bits per heavy atom. The second kappa shape index (κ2) is 13.0. The fourth-order valence-corrected chi connectivity index (χ4v) is 1.80. The molecular weight excluding hydrogens is 170 g/mol. The molecule has 0 radical (unpaired) electrons. The summed E-state index contributed by atoms with van der Waals surface area (Å²) < 4.78 is 0. The number of nitrogens with two attached hydrogens (primary N) is 1. The fourth-order valence-electron chi connectivity index (χ4n) is 1.80. The standard InChI is InChI=1S/C9H19N.2C2H6/c1-8(10)6-7-9-4-2-3-5-9;2*1-2/h8-9H,2-7,10H2,1H3;2*1-2H3. The van der Waals surface area contributed by atoms with Gasteiger partial charge in [-0.3, -0.25) is 0 Å². The topological polar surface area (TPSA) is 26.0 Å². The maximum atomic E-state index is 5.67. The van der Waals surface area contributed by atoms with Crippen LogP contribution in [0.1, 0.15) is 73.1 Å². The second-order valence-electron chi connectivity index (χ2n) is 3.71. The predicted molar refractivity (Wildman–Crippen MR) is 67.5 cm³/mol. The minimum absolute atomic E-state index is 0.417. The summed E-state index contributed by atoms with van der Waals surface area (Å²) in [5.74, 6) is 1.02. The number of rotatable bonds is 3. The fraction of sp³-hybridized carbons (Fsp3) is 1.00. The van der Waals surface area contributed by atoms with Crippen molar-refractivity contribution in [3.05, 3.63) is 0 Å². The highest BCUT2D eigenvalue weighted by molar-refractivity contribution is 4.68. The lowest BCUT2D eigenvalue weighted by Crippen LogP contribution is -2.15. The molecule has 1 atom stereocenters. The van der Waals surface area contributed by atoms with Crippen LogP contribution in [0.3, 0.4) is 0 Å². The van der Waals surface area contributed by atoms with Gasteiger partial charge in [0.05, 0.1) is 0 Å². The lowest BCUT2D eigenvalue weighted by Gasteiger charge is -2.09. The average Bonchev–Trinajstić information content (AvgIpc) is 2.73. The van der Waals surface area contributed by atoms with Crippen LogP contribution in [0.15, 0.2) is 0 Å². The molecule has 0 saturated heterocycles. The molecule has 0 bridgehead atoms. The van der Waals surface area contributed by atoms with E-state index in [0.29, 0.717) is 6.04 Å². The molecule has 1 aliphatic rings. The molecule has 1 rings (SSSR count). The summed E-state index contributed by atoms with van der Waals surface area (Å²) in [6, 6.07) is 0.417. The van der Waals surface area contributed by atoms with Gasteiger partial charge in [0.2, 0.25) is 0 Å². The van der Waals surface area contributed by atoms with Gasteiger partial charge in [0.25, 0.3) is 0 Å². The van der Waals surface area contributed by atoms with E-state index in [1.54, 1.807) is 0 Å². The molecular formula is C13H31N. The Labute approximate surface area is 91.5 Å². The Morgan fingerprint density at radius 1 is 1.07 bits per heavy atom. The van der Waals surface area contributed by atoms with Crippen molar-refractivity contribution in [2.45, 2.75) is 79.2 Å². The first-order chi connectivity index (χ1) is 6.79. The molecule has 1 fully saturated rings. The van der Waals surface area contributed by atoms with Crippen LogP contribution in [-0.2, 0) is 0 Å². The minimum Gasteiger partial charge on any atom is -0.328 e. The van der Waals surface area contributed by atoms with Crippen molar-refractivity contribution in [1.29, 1.82) is 0 Å². The molecule has 1 nitrogen and oxygen atoms in total. The summed E-state index contributed by atoms with van der Waals surface area (Å²) in [6.07, 6.45) is 8.45. The van der Waals surface area contributed by atoms with Crippen molar-refractivity contribution in [1.82, 2.24) is 0 Å². The molecule has 88 valence electrons. The molecule has 0 spiro atoms. The van der Waals surface area contributed by atoms with Crippen LogP contribution in [-0.4, -0.2) is 6.04 Å². The van der Waals surface area contributed by atoms with E-state index in [-0.39, 0.29) is 0 Å². The summed E-state index contributed by atoms with van der Waals surface area (Å²) >= 11 is 0. The lowest BCUT2D eigenvalue weighted by atomic mass is 10.00. The van der Waals surface area contributed by atoms with Crippen LogP contribution in [0, 0.1) is 5.92 Å². The molecule has 0 aromatic rings. The zero-order chi connectivity index (χ0) is 11.4. The normalized spacial score (nSPS) is 17.6. The Kier molecular flexibility index (Phi) is 15.2.